The van der Waals surface area contributed by atoms with Crippen LogP contribution in [0.1, 0.15) is 54.4 Å². The maximum atomic E-state index is 12.5. The van der Waals surface area contributed by atoms with Crippen LogP contribution in [0.3, 0.4) is 0 Å². The second kappa shape index (κ2) is 7.21. The number of carbonyl (C=O) groups is 1. The zero-order valence-corrected chi connectivity index (χ0v) is 15.3. The van der Waals surface area contributed by atoms with Gasteiger partial charge in [-0.3, -0.25) is 9.78 Å². The Morgan fingerprint density at radius 2 is 2.09 bits per heavy atom. The van der Waals surface area contributed by atoms with Gasteiger partial charge in [0.25, 0.3) is 0 Å². The molecule has 4 nitrogen and oxygen atoms in total. The lowest BCUT2D eigenvalue weighted by molar-refractivity contribution is -0.121. The van der Waals surface area contributed by atoms with E-state index >= 15 is 0 Å². The van der Waals surface area contributed by atoms with E-state index in [-0.39, 0.29) is 17.4 Å². The zero-order valence-electron chi connectivity index (χ0n) is 14.5. The first-order valence-electron chi connectivity index (χ1n) is 7.87. The van der Waals surface area contributed by atoms with E-state index in [0.29, 0.717) is 6.42 Å². The summed E-state index contributed by atoms with van der Waals surface area (Å²) in [5.74, 6) is 0.0107. The minimum atomic E-state index is -0.0313. The van der Waals surface area contributed by atoms with E-state index in [1.54, 1.807) is 17.5 Å². The molecule has 0 saturated heterocycles. The molecule has 2 aromatic rings. The number of carbonyl (C=O) groups excluding carboxylic acids is 1. The van der Waals surface area contributed by atoms with Gasteiger partial charge in [0.2, 0.25) is 5.91 Å². The Morgan fingerprint density at radius 3 is 2.61 bits per heavy atom. The van der Waals surface area contributed by atoms with Gasteiger partial charge in [-0.2, -0.15) is 0 Å². The van der Waals surface area contributed by atoms with E-state index in [1.165, 1.54) is 0 Å². The van der Waals surface area contributed by atoms with Crippen molar-refractivity contribution in [2.75, 3.05) is 0 Å². The van der Waals surface area contributed by atoms with Crippen molar-refractivity contribution in [1.82, 2.24) is 15.3 Å². The van der Waals surface area contributed by atoms with Crippen LogP contribution in [0.2, 0.25) is 0 Å². The van der Waals surface area contributed by atoms with Crippen molar-refractivity contribution in [2.24, 2.45) is 5.41 Å². The van der Waals surface area contributed by atoms with Crippen LogP contribution >= 0.6 is 11.3 Å². The predicted octanol–water partition coefficient (Wildman–Crippen LogP) is 3.99. The number of nitrogens with one attached hydrogen (secondary N) is 1. The summed E-state index contributed by atoms with van der Waals surface area (Å²) in [6.07, 6.45) is 4.77. The molecule has 0 bridgehead atoms. The number of hydrogen-bond acceptors (Lipinski definition) is 4. The Bertz CT molecular complexity index is 659. The smallest absolute Gasteiger partial charge is 0.226 e. The maximum Gasteiger partial charge on any atom is 0.226 e. The highest BCUT2D eigenvalue weighted by Gasteiger charge is 2.22. The fraction of sp³-hybridized carbons (Fsp3) is 0.500. The summed E-state index contributed by atoms with van der Waals surface area (Å²) >= 11 is 1.64. The topological polar surface area (TPSA) is 54.9 Å². The summed E-state index contributed by atoms with van der Waals surface area (Å²) in [6.45, 7) is 10.5. The molecule has 124 valence electrons. The van der Waals surface area contributed by atoms with E-state index in [4.69, 9.17) is 0 Å². The van der Waals surface area contributed by atoms with E-state index in [0.717, 1.165) is 27.6 Å². The van der Waals surface area contributed by atoms with Crippen LogP contribution < -0.4 is 5.32 Å². The van der Waals surface area contributed by atoms with Crippen LogP contribution in [0.15, 0.2) is 24.5 Å². The molecule has 5 heteroatoms. The second-order valence-corrected chi connectivity index (χ2v) is 8.49. The molecule has 0 aliphatic rings. The number of aryl methyl sites for hydroxylation is 2. The van der Waals surface area contributed by atoms with Gasteiger partial charge in [0.1, 0.15) is 0 Å². The highest BCUT2D eigenvalue weighted by atomic mass is 32.1. The number of pyridine rings is 1. The summed E-state index contributed by atoms with van der Waals surface area (Å²) in [4.78, 5) is 22.2. The Kier molecular flexibility index (Phi) is 5.52. The lowest BCUT2D eigenvalue weighted by Crippen LogP contribution is -2.32. The molecule has 0 aliphatic heterocycles. The Hall–Kier alpha value is -1.75. The first-order valence-corrected chi connectivity index (χ1v) is 8.68. The van der Waals surface area contributed by atoms with Gasteiger partial charge in [-0.25, -0.2) is 4.98 Å². The largest absolute Gasteiger partial charge is 0.349 e. The molecular formula is C18H25N3OS. The number of aromatic nitrogens is 2. The molecule has 0 spiro atoms. The molecule has 1 atom stereocenters. The van der Waals surface area contributed by atoms with Crippen LogP contribution in [0, 0.1) is 19.3 Å². The van der Waals surface area contributed by atoms with Gasteiger partial charge in [0.05, 0.1) is 23.2 Å². The lowest BCUT2D eigenvalue weighted by Gasteiger charge is -2.27. The first kappa shape index (κ1) is 17.6. The molecule has 0 aliphatic carbocycles. The van der Waals surface area contributed by atoms with Crippen LogP contribution in [-0.2, 0) is 11.2 Å². The average molecular weight is 331 g/mol. The molecule has 0 saturated carbocycles. The highest BCUT2D eigenvalue weighted by molar-refractivity contribution is 7.11. The fourth-order valence-corrected chi connectivity index (χ4v) is 3.41. The predicted molar refractivity (Wildman–Crippen MR) is 94.5 cm³/mol. The summed E-state index contributed by atoms with van der Waals surface area (Å²) < 4.78 is 0. The third-order valence-corrected chi connectivity index (χ3v) is 4.49. The summed E-state index contributed by atoms with van der Waals surface area (Å²) in [5.41, 5.74) is 2.04. The minimum Gasteiger partial charge on any atom is -0.349 e. The lowest BCUT2D eigenvalue weighted by atomic mass is 9.86. The van der Waals surface area contributed by atoms with Crippen LogP contribution in [-0.4, -0.2) is 15.9 Å². The van der Waals surface area contributed by atoms with Gasteiger partial charge in [0.15, 0.2) is 0 Å². The van der Waals surface area contributed by atoms with Crippen molar-refractivity contribution in [3.05, 3.63) is 45.7 Å². The molecule has 1 amide bonds. The zero-order chi connectivity index (χ0) is 17.0. The van der Waals surface area contributed by atoms with Crippen molar-refractivity contribution in [3.8, 4) is 0 Å². The highest BCUT2D eigenvalue weighted by Crippen LogP contribution is 2.29. The third kappa shape index (κ3) is 5.43. The summed E-state index contributed by atoms with van der Waals surface area (Å²) in [5, 5.41) is 4.16. The van der Waals surface area contributed by atoms with Crippen molar-refractivity contribution >= 4 is 17.2 Å². The molecule has 2 aromatic heterocycles. The monoisotopic (exact) mass is 331 g/mol. The maximum absolute atomic E-state index is 12.5. The molecule has 1 N–H and O–H groups in total. The first-order chi connectivity index (χ1) is 10.7. The number of rotatable bonds is 5. The molecule has 1 unspecified atom stereocenters. The standard InChI is InChI=1S/C18H25N3OS/c1-12-15(20-13(2)23-12)9-17(22)21-16(10-18(3,4)5)14-7-6-8-19-11-14/h6-8,11,16H,9-10H2,1-5H3,(H,21,22). The number of nitrogens with zero attached hydrogens (tertiary/aromatic N) is 2. The Labute approximate surface area is 142 Å². The van der Waals surface area contributed by atoms with Crippen LogP contribution in [0.5, 0.6) is 0 Å². The van der Waals surface area contributed by atoms with Gasteiger partial charge in [-0.15, -0.1) is 11.3 Å². The van der Waals surface area contributed by atoms with E-state index < -0.39 is 0 Å². The quantitative estimate of drug-likeness (QED) is 0.901. The van der Waals surface area contributed by atoms with Gasteiger partial charge in [-0.1, -0.05) is 26.8 Å². The van der Waals surface area contributed by atoms with Crippen LogP contribution in [0.25, 0.3) is 0 Å². The van der Waals surface area contributed by atoms with Gasteiger partial charge < -0.3 is 5.32 Å². The average Bonchev–Trinajstić information content (AvgIpc) is 2.75. The normalized spacial score (nSPS) is 12.9. The fourth-order valence-electron chi connectivity index (χ4n) is 2.58. The summed E-state index contributed by atoms with van der Waals surface area (Å²) in [6, 6.07) is 3.89. The van der Waals surface area contributed by atoms with Crippen molar-refractivity contribution < 1.29 is 4.79 Å². The number of thiazole rings is 1. The SMILES string of the molecule is Cc1nc(CC(=O)NC(CC(C)(C)C)c2cccnc2)c(C)s1. The number of amides is 1. The van der Waals surface area contributed by atoms with E-state index in [9.17, 15) is 4.79 Å². The second-order valence-electron chi connectivity index (χ2n) is 7.08. The third-order valence-electron chi connectivity index (χ3n) is 3.57. The van der Waals surface area contributed by atoms with Crippen molar-refractivity contribution in [3.63, 3.8) is 0 Å². The van der Waals surface area contributed by atoms with Crippen molar-refractivity contribution in [2.45, 2.75) is 53.5 Å². The molecule has 0 fully saturated rings. The van der Waals surface area contributed by atoms with Gasteiger partial charge in [-0.05, 0) is 37.3 Å². The minimum absolute atomic E-state index is 0.0107. The molecular weight excluding hydrogens is 306 g/mol. The molecule has 0 radical (unpaired) electrons. The summed E-state index contributed by atoms with van der Waals surface area (Å²) in [7, 11) is 0. The molecule has 23 heavy (non-hydrogen) atoms. The molecule has 2 rings (SSSR count). The molecule has 0 aromatic carbocycles. The van der Waals surface area contributed by atoms with Gasteiger partial charge in [0, 0.05) is 17.3 Å². The molecule has 2 heterocycles. The van der Waals surface area contributed by atoms with Crippen LogP contribution in [0.4, 0.5) is 0 Å². The van der Waals surface area contributed by atoms with E-state index in [2.05, 4.69) is 36.1 Å². The van der Waals surface area contributed by atoms with Crippen molar-refractivity contribution in [1.29, 1.82) is 0 Å². The van der Waals surface area contributed by atoms with Gasteiger partial charge >= 0.3 is 0 Å². The Balaban J connectivity index is 2.11. The Morgan fingerprint density at radius 1 is 1.35 bits per heavy atom. The van der Waals surface area contributed by atoms with E-state index in [1.807, 2.05) is 32.2 Å². The number of hydrogen-bond donors (Lipinski definition) is 1.